The van der Waals surface area contributed by atoms with Crippen LogP contribution < -0.4 is 0 Å². The Hall–Kier alpha value is -2.08. The third-order valence-corrected chi connectivity index (χ3v) is 30.0. The molecule has 0 unspecified atom stereocenters. The highest BCUT2D eigenvalue weighted by atomic mass is 14.3. The van der Waals surface area contributed by atoms with Crippen molar-refractivity contribution in [2.24, 2.45) is 5.92 Å². The fourth-order valence-electron chi connectivity index (χ4n) is 23.4. The van der Waals surface area contributed by atoms with Crippen molar-refractivity contribution in [2.75, 3.05) is 0 Å². The Morgan fingerprint density at radius 3 is 0.280 bits per heavy atom. The summed E-state index contributed by atoms with van der Waals surface area (Å²) < 4.78 is 0. The van der Waals surface area contributed by atoms with Gasteiger partial charge in [-0.25, -0.2) is 0 Å². The van der Waals surface area contributed by atoms with E-state index in [0.29, 0.717) is 0 Å². The summed E-state index contributed by atoms with van der Waals surface area (Å²) in [4.78, 5) is 0. The van der Waals surface area contributed by atoms with E-state index in [1.165, 1.54) is 571 Å². The van der Waals surface area contributed by atoms with Gasteiger partial charge in [0.05, 0.1) is 0 Å². The van der Waals surface area contributed by atoms with E-state index in [4.69, 9.17) is 0 Å². The van der Waals surface area contributed by atoms with Crippen LogP contribution in [0.5, 0.6) is 0 Å². The summed E-state index contributed by atoms with van der Waals surface area (Å²) in [5.41, 5.74) is 29.8. The molecule has 0 heterocycles. The van der Waals surface area contributed by atoms with Crippen LogP contribution in [0.15, 0.2) is 89.2 Å². The molecule has 0 atom stereocenters. The molecular formula is C107H182. The highest BCUT2D eigenvalue weighted by Crippen LogP contribution is 2.42. The van der Waals surface area contributed by atoms with Crippen LogP contribution in [0.2, 0.25) is 0 Å². The van der Waals surface area contributed by atoms with Crippen molar-refractivity contribution in [3.05, 3.63) is 89.2 Å². The summed E-state index contributed by atoms with van der Waals surface area (Å²) in [5.74, 6) is 0.954. The summed E-state index contributed by atoms with van der Waals surface area (Å²) in [7, 11) is 0. The van der Waals surface area contributed by atoms with Crippen LogP contribution in [-0.2, 0) is 0 Å². The predicted octanol–water partition coefficient (Wildman–Crippen LogP) is 37.8. The first-order valence-corrected chi connectivity index (χ1v) is 50.7. The lowest BCUT2D eigenvalue weighted by Gasteiger charge is -2.24. The summed E-state index contributed by atoms with van der Waals surface area (Å²) in [6, 6.07) is 0. The van der Waals surface area contributed by atoms with Crippen LogP contribution in [0.3, 0.4) is 0 Å². The molecule has 0 fully saturated rings. The molecule has 0 bridgehead atoms. The van der Waals surface area contributed by atoms with Gasteiger partial charge in [-0.3, -0.25) is 0 Å². The molecule has 0 amide bonds. The monoisotopic (exact) mass is 1470 g/mol. The fourth-order valence-corrected chi connectivity index (χ4v) is 23.4. The molecule has 0 aliphatic heterocycles. The van der Waals surface area contributed by atoms with E-state index in [0.717, 1.165) is 5.92 Å². The Morgan fingerprint density at radius 2 is 0.168 bits per heavy atom. The molecule has 0 aromatic carbocycles. The minimum Gasteiger partial charge on any atom is -0.0710 e. The van der Waals surface area contributed by atoms with Crippen molar-refractivity contribution in [1.82, 2.24) is 0 Å². The molecule has 0 radical (unpaired) electrons. The van der Waals surface area contributed by atoms with Crippen LogP contribution in [0.1, 0.15) is 578 Å². The standard InChI is InChI=1S/2C16H28.C15H26.C14H24.C13H22.C12H20.C11H18.C10H16/c1-14-12-15-10-8-6-4-2-3-5-7-9-11-16(15)13-14;1-2-4-6-8-12-16-14-10-9-13-15(16)11-7-5-3-1;1-2-4-6-8-11-15-13-9-12-14(15)10-7-5-3-1;1-2-4-6-10-14-12-8-7-11-13(14)9-5-3-1;1-2-4-6-9-13-11-7-10-12(13)8-5-3-1;1-2-4-8-12-10-6-5-9-11(12)7-3-1;1-2-4-7-11-9-5-8-10(11)6-3-1;1-2-6-10-8-4-3-7-9(10)5-1/h14H,2-13H2,1H3;1-14H2;1-13H2;1-12H2;1-11H2;1-10H2;1-9H2;1-8H2. The summed E-state index contributed by atoms with van der Waals surface area (Å²) in [5, 5.41) is 0. The lowest BCUT2D eigenvalue weighted by atomic mass is 9.82. The normalized spacial score (nSPS) is 25.9. The van der Waals surface area contributed by atoms with Gasteiger partial charge in [-0.15, -0.1) is 0 Å². The van der Waals surface area contributed by atoms with E-state index < -0.39 is 0 Å². The second-order valence-corrected chi connectivity index (χ2v) is 38.8. The molecule has 0 spiro atoms. The molecule has 0 saturated carbocycles. The quantitative estimate of drug-likeness (QED) is 0.212. The topological polar surface area (TPSA) is 0 Å². The molecule has 107 heavy (non-hydrogen) atoms. The molecule has 16 aliphatic rings. The van der Waals surface area contributed by atoms with Crippen molar-refractivity contribution in [2.45, 2.75) is 578 Å². The molecule has 0 aromatic rings. The maximum absolute atomic E-state index is 2.44. The first-order valence-electron chi connectivity index (χ1n) is 50.7. The van der Waals surface area contributed by atoms with E-state index in [2.05, 4.69) is 6.92 Å². The van der Waals surface area contributed by atoms with Crippen LogP contribution in [0, 0.1) is 5.92 Å². The molecule has 16 aliphatic carbocycles. The van der Waals surface area contributed by atoms with Gasteiger partial charge >= 0.3 is 0 Å². The maximum Gasteiger partial charge on any atom is -0.0289 e. The fraction of sp³-hybridized carbons (Fsp3) is 0.850. The van der Waals surface area contributed by atoms with Crippen molar-refractivity contribution in [3.63, 3.8) is 0 Å². The highest BCUT2D eigenvalue weighted by molar-refractivity contribution is 5.25. The molecule has 0 N–H and O–H groups in total. The summed E-state index contributed by atoms with van der Waals surface area (Å²) in [6.45, 7) is 2.44. The van der Waals surface area contributed by atoms with Crippen molar-refractivity contribution >= 4 is 0 Å². The highest BCUT2D eigenvalue weighted by Gasteiger charge is 2.23. The Balaban J connectivity index is 0.000000142. The van der Waals surface area contributed by atoms with E-state index in [1.54, 1.807) is 0 Å². The van der Waals surface area contributed by atoms with E-state index in [1.807, 2.05) is 89.2 Å². The Bertz CT molecular complexity index is 2450. The summed E-state index contributed by atoms with van der Waals surface area (Å²) >= 11 is 0. The van der Waals surface area contributed by atoms with Crippen LogP contribution in [0.4, 0.5) is 0 Å². The molecular weight excluding hydrogens is 1290 g/mol. The number of allylic oxidation sites excluding steroid dienone is 16. The average Bonchev–Trinajstić information content (AvgIpc) is 1.42. The van der Waals surface area contributed by atoms with Gasteiger partial charge in [0.1, 0.15) is 0 Å². The lowest BCUT2D eigenvalue weighted by molar-refractivity contribution is 0.533. The Labute approximate surface area is 669 Å². The van der Waals surface area contributed by atoms with Gasteiger partial charge in [0.2, 0.25) is 0 Å². The van der Waals surface area contributed by atoms with Crippen LogP contribution in [-0.4, -0.2) is 0 Å². The SMILES string of the molecule is C1CCC2=C(C1)CCCC2.C1CCCC2=C(CC1)CCC2.C1CCCC2=C(CC1)CCCC2.C1CCCCC2=C(CCC1)CCC2.C1CCCCC2=C(CCC1)CCCC2.C1CCCCCC2=C(CCCC1)CCC2.C1CCCCCC2=C(CCCC1)CCCC2.CC1CC2=C(CCCCCCCCCC2)C1. The zero-order valence-electron chi connectivity index (χ0n) is 72.5. The third kappa shape index (κ3) is 37.4. The van der Waals surface area contributed by atoms with Gasteiger partial charge in [0.15, 0.2) is 0 Å². The van der Waals surface area contributed by atoms with Gasteiger partial charge in [-0.1, -0.05) is 289 Å². The zero-order valence-corrected chi connectivity index (χ0v) is 72.5. The second kappa shape index (κ2) is 57.9. The zero-order chi connectivity index (χ0) is 73.7. The van der Waals surface area contributed by atoms with E-state index in [9.17, 15) is 0 Å². The molecule has 0 aromatic heterocycles. The molecule has 16 rings (SSSR count). The second-order valence-electron chi connectivity index (χ2n) is 38.8. The first kappa shape index (κ1) is 88.9. The van der Waals surface area contributed by atoms with Gasteiger partial charge in [-0.05, 0) is 385 Å². The van der Waals surface area contributed by atoms with Crippen molar-refractivity contribution < 1.29 is 0 Å². The molecule has 0 heteroatoms. The molecule has 0 nitrogen and oxygen atoms in total. The van der Waals surface area contributed by atoms with E-state index in [-0.39, 0.29) is 0 Å². The average molecular weight is 1470 g/mol. The smallest absolute Gasteiger partial charge is 0.0289 e. The van der Waals surface area contributed by atoms with Gasteiger partial charge in [-0.2, -0.15) is 0 Å². The van der Waals surface area contributed by atoms with Crippen LogP contribution >= 0.6 is 0 Å². The van der Waals surface area contributed by atoms with Gasteiger partial charge in [0, 0.05) is 0 Å². The van der Waals surface area contributed by atoms with Crippen molar-refractivity contribution in [1.29, 1.82) is 0 Å². The van der Waals surface area contributed by atoms with E-state index >= 15 is 0 Å². The Kier molecular flexibility index (Phi) is 48.1. The maximum atomic E-state index is 2.44. The summed E-state index contributed by atoms with van der Waals surface area (Å²) in [6.07, 6.45) is 130. The van der Waals surface area contributed by atoms with Gasteiger partial charge < -0.3 is 0 Å². The Morgan fingerprint density at radius 1 is 0.0935 bits per heavy atom. The molecule has 0 saturated heterocycles. The minimum atomic E-state index is 0.954. The number of hydrogen-bond acceptors (Lipinski definition) is 0. The minimum absolute atomic E-state index is 0.954. The first-order chi connectivity index (χ1) is 53.1. The lowest BCUT2D eigenvalue weighted by Crippen LogP contribution is -2.04. The molecule has 610 valence electrons. The predicted molar refractivity (Wildman–Crippen MR) is 476 cm³/mol. The van der Waals surface area contributed by atoms with Crippen LogP contribution in [0.25, 0.3) is 0 Å². The van der Waals surface area contributed by atoms with Gasteiger partial charge in [0.25, 0.3) is 0 Å². The van der Waals surface area contributed by atoms with Crippen molar-refractivity contribution in [3.8, 4) is 0 Å². The number of rotatable bonds is 0. The number of hydrogen-bond donors (Lipinski definition) is 0. The third-order valence-electron chi connectivity index (χ3n) is 30.0. The largest absolute Gasteiger partial charge is 0.0710 e.